The number of nitrogens with one attached hydrogen (secondary N) is 1. The summed E-state index contributed by atoms with van der Waals surface area (Å²) < 4.78 is 85.5. The molecule has 0 unspecified atom stereocenters. The van der Waals surface area contributed by atoms with Crippen molar-refractivity contribution in [1.82, 2.24) is 14.5 Å². The van der Waals surface area contributed by atoms with Crippen molar-refractivity contribution in [1.29, 1.82) is 0 Å². The van der Waals surface area contributed by atoms with E-state index in [1.165, 1.54) is 15.9 Å². The summed E-state index contributed by atoms with van der Waals surface area (Å²) in [6.07, 6.45) is 10.7. The van der Waals surface area contributed by atoms with Gasteiger partial charge in [-0.15, -0.1) is 0 Å². The molecule has 1 aromatic rings. The second kappa shape index (κ2) is 20.3. The van der Waals surface area contributed by atoms with Crippen LogP contribution in [0, 0.1) is 23.1 Å². The Morgan fingerprint density at radius 3 is 2.21 bits per heavy atom. The number of benzene rings is 1. The van der Waals surface area contributed by atoms with E-state index in [0.29, 0.717) is 56.1 Å². The van der Waals surface area contributed by atoms with Gasteiger partial charge in [0.05, 0.1) is 42.2 Å². The summed E-state index contributed by atoms with van der Waals surface area (Å²) in [6, 6.07) is 3.51. The summed E-state index contributed by atoms with van der Waals surface area (Å²) in [7, 11) is -8.22. The van der Waals surface area contributed by atoms with Gasteiger partial charge in [0.25, 0.3) is 0 Å². The van der Waals surface area contributed by atoms with Gasteiger partial charge in [0, 0.05) is 30.9 Å². The molecule has 7 rings (SSSR count). The number of hydrogen-bond donors (Lipinski definition) is 2. The van der Waals surface area contributed by atoms with E-state index in [4.69, 9.17) is 23.0 Å². The van der Waals surface area contributed by atoms with Gasteiger partial charge in [0.15, 0.2) is 5.78 Å². The number of Topliss-reactive ketones (excluding diaryl/α,β-unsaturated/α-hetero) is 1. The molecule has 6 aliphatic rings. The number of rotatable bonds is 13. The second-order valence-corrected chi connectivity index (χ2v) is 22.5. The van der Waals surface area contributed by atoms with Gasteiger partial charge < -0.3 is 14.4 Å². The van der Waals surface area contributed by atoms with Crippen LogP contribution in [0.15, 0.2) is 30.4 Å². The number of ether oxygens (including phenoxy) is 2. The molecule has 0 aromatic heterocycles. The molecule has 368 valence electrons. The molecule has 3 aliphatic carbocycles. The van der Waals surface area contributed by atoms with Gasteiger partial charge in [-0.25, -0.2) is 23.2 Å². The van der Waals surface area contributed by atoms with Crippen molar-refractivity contribution >= 4 is 50.3 Å². The molecule has 0 spiro atoms. The molecule has 4 fully saturated rings. The fraction of sp³-hybridized carbons (Fsp3) is 0.717. The summed E-state index contributed by atoms with van der Waals surface area (Å²) in [5, 5.41) is 4.74. The highest BCUT2D eigenvalue weighted by Crippen LogP contribution is 2.57. The summed E-state index contributed by atoms with van der Waals surface area (Å²) in [6.45, 7) is 9.14. The van der Waals surface area contributed by atoms with Crippen LogP contribution in [0.5, 0.6) is 0 Å². The van der Waals surface area contributed by atoms with Gasteiger partial charge in [0.2, 0.25) is 11.8 Å². The lowest BCUT2D eigenvalue weighted by molar-refractivity contribution is -0.159. The van der Waals surface area contributed by atoms with Crippen LogP contribution in [0.3, 0.4) is 0 Å². The Balaban J connectivity index is 0.000000574. The molecule has 1 aromatic carbocycles. The molecule has 5 atom stereocenters. The topological polar surface area (TPSA) is 235 Å². The maximum Gasteiger partial charge on any atom is 0.410 e. The van der Waals surface area contributed by atoms with Gasteiger partial charge in [0.1, 0.15) is 17.5 Å². The van der Waals surface area contributed by atoms with Gasteiger partial charge in [-0.1, -0.05) is 63.8 Å². The molecule has 1 saturated heterocycles. The molecule has 66 heavy (non-hydrogen) atoms. The SMILES string of the molecule is CCCC1(OS(=O)(=O)NC(=O)[C@]23CC(=O)[C@@H]4C[C@@H](OC(=O)N5Cc6cccc(F)c6C5)CN4C(=O)[C@@H](CC(=O)OC(C)(C)C)CCCCC/C=C\[C@@H]2C3)CC1.CCCC1(OS(N)(=O)=O)CC1. The molecule has 3 saturated carbocycles. The highest BCUT2D eigenvalue weighted by Gasteiger charge is 2.62. The van der Waals surface area contributed by atoms with Crippen LogP contribution < -0.4 is 9.86 Å². The Morgan fingerprint density at radius 1 is 0.939 bits per heavy atom. The van der Waals surface area contributed by atoms with Crippen molar-refractivity contribution in [2.75, 3.05) is 6.54 Å². The van der Waals surface area contributed by atoms with E-state index < -0.39 is 102 Å². The van der Waals surface area contributed by atoms with E-state index in [1.807, 2.05) is 26.0 Å². The Morgan fingerprint density at radius 2 is 1.61 bits per heavy atom. The van der Waals surface area contributed by atoms with Crippen LogP contribution in [0.1, 0.15) is 155 Å². The Labute approximate surface area is 388 Å². The molecule has 3 amide bonds. The van der Waals surface area contributed by atoms with Crippen LogP contribution in [0.4, 0.5) is 9.18 Å². The van der Waals surface area contributed by atoms with E-state index in [-0.39, 0.29) is 45.3 Å². The Kier molecular flexibility index (Phi) is 15.8. The third-order valence-electron chi connectivity index (χ3n) is 13.2. The smallest absolute Gasteiger partial charge is 0.410 e. The maximum absolute atomic E-state index is 14.5. The number of nitrogens with two attached hydrogens (primary N) is 1. The molecule has 3 heterocycles. The van der Waals surface area contributed by atoms with Crippen LogP contribution in [0.2, 0.25) is 0 Å². The summed E-state index contributed by atoms with van der Waals surface area (Å²) in [5.74, 6) is -3.99. The van der Waals surface area contributed by atoms with Crippen LogP contribution >= 0.6 is 0 Å². The minimum absolute atomic E-state index is 0.00918. The van der Waals surface area contributed by atoms with Gasteiger partial charge >= 0.3 is 32.7 Å². The zero-order chi connectivity index (χ0) is 48.3. The minimum Gasteiger partial charge on any atom is -0.460 e. The van der Waals surface area contributed by atoms with Gasteiger partial charge in [-0.05, 0) is 103 Å². The summed E-state index contributed by atoms with van der Waals surface area (Å²) in [5.41, 5.74) is -2.36. The Hall–Kier alpha value is -3.98. The predicted molar refractivity (Wildman–Crippen MR) is 238 cm³/mol. The second-order valence-electron chi connectivity index (χ2n) is 20.1. The molecule has 0 radical (unpaired) electrons. The van der Waals surface area contributed by atoms with E-state index in [1.54, 1.807) is 32.9 Å². The minimum atomic E-state index is -4.48. The fourth-order valence-corrected chi connectivity index (χ4v) is 11.5. The number of nitrogens with zero attached hydrogens (tertiary/aromatic N) is 2. The highest BCUT2D eigenvalue weighted by molar-refractivity contribution is 7.85. The average molecular weight is 967 g/mol. The molecule has 17 nitrogen and oxygen atoms in total. The van der Waals surface area contributed by atoms with Crippen molar-refractivity contribution in [2.45, 2.75) is 186 Å². The molecule has 3 N–H and O–H groups in total. The summed E-state index contributed by atoms with van der Waals surface area (Å²) in [4.78, 5) is 72.0. The van der Waals surface area contributed by atoms with Crippen LogP contribution in [-0.4, -0.2) is 91.8 Å². The number of allylic oxidation sites excluding steroid dienone is 2. The van der Waals surface area contributed by atoms with Gasteiger partial charge in [-0.2, -0.15) is 16.8 Å². The number of carbonyl (C=O) groups is 5. The first-order valence-electron chi connectivity index (χ1n) is 23.4. The lowest BCUT2D eigenvalue weighted by Crippen LogP contribution is -2.46. The fourth-order valence-electron chi connectivity index (χ4n) is 9.59. The molecule has 0 bridgehead atoms. The normalized spacial score (nSPS) is 27.4. The monoisotopic (exact) mass is 966 g/mol. The highest BCUT2D eigenvalue weighted by atomic mass is 32.2. The number of carbonyl (C=O) groups excluding carboxylic acids is 5. The molecular weight excluding hydrogens is 900 g/mol. The number of ketones is 1. The zero-order valence-corrected chi connectivity index (χ0v) is 40.4. The van der Waals surface area contributed by atoms with Crippen molar-refractivity contribution in [3.63, 3.8) is 0 Å². The van der Waals surface area contributed by atoms with Crippen molar-refractivity contribution in [3.8, 4) is 0 Å². The van der Waals surface area contributed by atoms with Crippen molar-refractivity contribution < 1.29 is 63.0 Å². The molecule has 3 aliphatic heterocycles. The average Bonchev–Trinajstić information content (AvgIpc) is 4.15. The van der Waals surface area contributed by atoms with E-state index in [2.05, 4.69) is 4.72 Å². The van der Waals surface area contributed by atoms with Crippen molar-refractivity contribution in [3.05, 3.63) is 47.3 Å². The van der Waals surface area contributed by atoms with E-state index in [0.717, 1.165) is 38.5 Å². The van der Waals surface area contributed by atoms with Crippen molar-refractivity contribution in [2.24, 2.45) is 22.4 Å². The first-order chi connectivity index (χ1) is 30.9. The standard InChI is InChI=1S/C40H54FN3O10S.C6H13NO3S/c1-5-16-39(17-18-39)54-55(50,51)42-36(48)40-21-28(40)14-10-8-6-7-9-12-26(19-34(46)53-38(2,3)4)35(47)44-24-29(20-32(44)33(45)22-40)52-37(49)43-23-27-13-11-15-31(41)30(27)25-43;1-2-3-6(4-5-6)10-11(7,8)9/h10-11,13-15,26,28-29,32H,5-9,12,16-25H2,1-4H3,(H,42,48);2-5H2,1H3,(H2,7,8,9)/b14-10-;/t26-,28-,29-,32+,40-;/m1./s1. The zero-order valence-electron chi connectivity index (χ0n) is 38.8. The van der Waals surface area contributed by atoms with E-state index >= 15 is 0 Å². The molecular formula is C46H67FN4O13S2. The number of esters is 1. The van der Waals surface area contributed by atoms with E-state index in [9.17, 15) is 45.2 Å². The first kappa shape index (κ1) is 51.4. The first-order valence-corrected chi connectivity index (χ1v) is 26.2. The number of fused-ring (bicyclic) bond motifs is 3. The number of hydrogen-bond acceptors (Lipinski definition) is 13. The number of halogens is 1. The third kappa shape index (κ3) is 13.6. The maximum atomic E-state index is 14.5. The molecule has 20 heteroatoms. The third-order valence-corrected chi connectivity index (χ3v) is 14.8. The lowest BCUT2D eigenvalue weighted by Gasteiger charge is -2.29. The van der Waals surface area contributed by atoms with Crippen LogP contribution in [0.25, 0.3) is 0 Å². The largest absolute Gasteiger partial charge is 0.460 e. The predicted octanol–water partition coefficient (Wildman–Crippen LogP) is 6.33. The van der Waals surface area contributed by atoms with Gasteiger partial charge in [-0.3, -0.25) is 28.3 Å². The van der Waals surface area contributed by atoms with Crippen LogP contribution in [-0.2, 0) is 70.7 Å². The quantitative estimate of drug-likeness (QED) is 0.163. The number of amides is 3. The lowest BCUT2D eigenvalue weighted by atomic mass is 9.90. The summed E-state index contributed by atoms with van der Waals surface area (Å²) >= 11 is 0. The Bertz CT molecular complexity index is 2260.